The molecular weight excluding hydrogens is 408 g/mol. The summed E-state index contributed by atoms with van der Waals surface area (Å²) in [7, 11) is 1.92. The highest BCUT2D eigenvalue weighted by Crippen LogP contribution is 2.25. The van der Waals surface area contributed by atoms with E-state index in [1.165, 1.54) is 0 Å². The molecule has 2 heterocycles. The van der Waals surface area contributed by atoms with E-state index in [0.29, 0.717) is 30.2 Å². The van der Waals surface area contributed by atoms with Gasteiger partial charge in [0.25, 0.3) is 5.91 Å². The number of carbonyl (C=O) groups excluding carboxylic acids is 1. The second-order valence-corrected chi connectivity index (χ2v) is 7.26. The minimum Gasteiger partial charge on any atom is -0.422 e. The van der Waals surface area contributed by atoms with Crippen LogP contribution in [-0.2, 0) is 0 Å². The fraction of sp³-hybridized carbons (Fsp3) is 0.444. The minimum atomic E-state index is -0.553. The van der Waals surface area contributed by atoms with Gasteiger partial charge in [-0.2, -0.15) is 0 Å². The number of rotatable bonds is 3. The van der Waals surface area contributed by atoms with Crippen molar-refractivity contribution in [2.75, 3.05) is 26.7 Å². The van der Waals surface area contributed by atoms with Gasteiger partial charge in [-0.1, -0.05) is 15.9 Å². The molecule has 1 aliphatic heterocycles. The van der Waals surface area contributed by atoms with Crippen LogP contribution in [0.5, 0.6) is 0 Å². The van der Waals surface area contributed by atoms with Crippen molar-refractivity contribution in [2.45, 2.75) is 19.8 Å². The Bertz CT molecular complexity index is 835. The molecule has 7 heteroatoms. The van der Waals surface area contributed by atoms with Gasteiger partial charge in [-0.05, 0) is 63.0 Å². The van der Waals surface area contributed by atoms with Crippen LogP contribution in [0, 0.1) is 12.8 Å². The zero-order valence-electron chi connectivity index (χ0n) is 14.3. The lowest BCUT2D eigenvalue weighted by atomic mass is 9.96. The molecule has 2 aromatic rings. The molecule has 0 spiro atoms. The Balaban J connectivity index is 0.00000225. The zero-order valence-corrected chi connectivity index (χ0v) is 16.7. The number of benzene rings is 1. The number of nitrogens with zero attached hydrogens (tertiary/aromatic N) is 1. The molecule has 0 radical (unpaired) electrons. The van der Waals surface area contributed by atoms with Crippen molar-refractivity contribution in [1.82, 2.24) is 10.2 Å². The SMILES string of the molecule is CNCC1CCCN(C(=O)c2c(C)c3cc(Br)ccc3oc2=O)C1.Cl. The highest BCUT2D eigenvalue weighted by molar-refractivity contribution is 9.10. The lowest BCUT2D eigenvalue weighted by Gasteiger charge is -2.32. The van der Waals surface area contributed by atoms with Crippen molar-refractivity contribution in [3.05, 3.63) is 44.2 Å². The number of aryl methyl sites for hydroxylation is 1. The number of halogens is 2. The van der Waals surface area contributed by atoms with E-state index in [0.717, 1.165) is 29.2 Å². The first-order chi connectivity index (χ1) is 11.5. The molecule has 1 fully saturated rings. The molecule has 0 saturated carbocycles. The normalized spacial score (nSPS) is 17.4. The number of piperidine rings is 1. The Morgan fingerprint density at radius 1 is 1.44 bits per heavy atom. The maximum atomic E-state index is 13.0. The third kappa shape index (κ3) is 4.07. The molecule has 1 aromatic heterocycles. The first-order valence-corrected chi connectivity index (χ1v) is 8.97. The van der Waals surface area contributed by atoms with Crippen LogP contribution in [0.25, 0.3) is 11.0 Å². The number of carbonyl (C=O) groups is 1. The fourth-order valence-corrected chi connectivity index (χ4v) is 3.79. The van der Waals surface area contributed by atoms with Gasteiger partial charge in [0.05, 0.1) is 0 Å². The van der Waals surface area contributed by atoms with E-state index < -0.39 is 5.63 Å². The van der Waals surface area contributed by atoms with Crippen LogP contribution in [-0.4, -0.2) is 37.5 Å². The molecule has 1 aliphatic rings. The Kier molecular flexibility index (Phi) is 6.65. The van der Waals surface area contributed by atoms with Crippen LogP contribution in [0.2, 0.25) is 0 Å². The number of amides is 1. The van der Waals surface area contributed by atoms with Gasteiger partial charge in [-0.15, -0.1) is 12.4 Å². The summed E-state index contributed by atoms with van der Waals surface area (Å²) in [5, 5.41) is 3.95. The van der Waals surface area contributed by atoms with E-state index in [2.05, 4.69) is 21.2 Å². The predicted molar refractivity (Wildman–Crippen MR) is 105 cm³/mol. The Morgan fingerprint density at radius 2 is 2.20 bits per heavy atom. The van der Waals surface area contributed by atoms with Gasteiger partial charge in [0, 0.05) is 22.9 Å². The molecule has 1 unspecified atom stereocenters. The summed E-state index contributed by atoms with van der Waals surface area (Å²) in [6.45, 7) is 4.06. The quantitative estimate of drug-likeness (QED) is 0.760. The number of fused-ring (bicyclic) bond motifs is 1. The highest BCUT2D eigenvalue weighted by atomic mass is 79.9. The van der Waals surface area contributed by atoms with Gasteiger partial charge in [0.15, 0.2) is 0 Å². The molecule has 5 nitrogen and oxygen atoms in total. The summed E-state index contributed by atoms with van der Waals surface area (Å²) in [5.41, 5.74) is 0.793. The molecule has 1 aromatic carbocycles. The van der Waals surface area contributed by atoms with E-state index in [9.17, 15) is 9.59 Å². The summed E-state index contributed by atoms with van der Waals surface area (Å²) in [6.07, 6.45) is 2.06. The third-order valence-corrected chi connectivity index (χ3v) is 5.13. The summed E-state index contributed by atoms with van der Waals surface area (Å²) in [6, 6.07) is 5.44. The Morgan fingerprint density at radius 3 is 2.92 bits per heavy atom. The molecule has 136 valence electrons. The number of hydrogen-bond acceptors (Lipinski definition) is 4. The molecule has 3 rings (SSSR count). The molecule has 0 aliphatic carbocycles. The lowest BCUT2D eigenvalue weighted by Crippen LogP contribution is -2.44. The first kappa shape index (κ1) is 19.9. The van der Waals surface area contributed by atoms with Crippen molar-refractivity contribution in [2.24, 2.45) is 5.92 Å². The van der Waals surface area contributed by atoms with Crippen molar-refractivity contribution in [1.29, 1.82) is 0 Å². The largest absolute Gasteiger partial charge is 0.422 e. The van der Waals surface area contributed by atoms with Crippen molar-refractivity contribution >= 4 is 45.2 Å². The van der Waals surface area contributed by atoms with E-state index in [-0.39, 0.29) is 23.9 Å². The predicted octanol–water partition coefficient (Wildman–Crippen LogP) is 3.36. The van der Waals surface area contributed by atoms with Gasteiger partial charge in [-0.25, -0.2) is 4.79 Å². The summed E-state index contributed by atoms with van der Waals surface area (Å²) < 4.78 is 6.27. The van der Waals surface area contributed by atoms with Gasteiger partial charge in [0.2, 0.25) is 0 Å². The van der Waals surface area contributed by atoms with Crippen LogP contribution in [0.15, 0.2) is 31.9 Å². The van der Waals surface area contributed by atoms with Gasteiger partial charge in [-0.3, -0.25) is 4.79 Å². The average molecular weight is 430 g/mol. The summed E-state index contributed by atoms with van der Waals surface area (Å²) in [4.78, 5) is 27.1. The average Bonchev–Trinajstić information content (AvgIpc) is 2.56. The second kappa shape index (κ2) is 8.34. The molecule has 1 saturated heterocycles. The molecule has 25 heavy (non-hydrogen) atoms. The second-order valence-electron chi connectivity index (χ2n) is 6.35. The van der Waals surface area contributed by atoms with E-state index >= 15 is 0 Å². The number of hydrogen-bond donors (Lipinski definition) is 1. The third-order valence-electron chi connectivity index (χ3n) is 4.64. The lowest BCUT2D eigenvalue weighted by molar-refractivity contribution is 0.0669. The van der Waals surface area contributed by atoms with Gasteiger partial charge < -0.3 is 14.6 Å². The molecule has 1 amide bonds. The smallest absolute Gasteiger partial charge is 0.349 e. The zero-order chi connectivity index (χ0) is 17.3. The summed E-state index contributed by atoms with van der Waals surface area (Å²) >= 11 is 3.43. The summed E-state index contributed by atoms with van der Waals surface area (Å²) in [5.74, 6) is 0.207. The molecule has 1 atom stereocenters. The van der Waals surface area contributed by atoms with Gasteiger partial charge >= 0.3 is 5.63 Å². The van der Waals surface area contributed by atoms with Crippen LogP contribution in [0.4, 0.5) is 0 Å². The maximum absolute atomic E-state index is 13.0. The first-order valence-electron chi connectivity index (χ1n) is 8.18. The van der Waals surface area contributed by atoms with Crippen LogP contribution >= 0.6 is 28.3 Å². The van der Waals surface area contributed by atoms with Gasteiger partial charge in [0.1, 0.15) is 11.1 Å². The Hall–Kier alpha value is -1.37. The van der Waals surface area contributed by atoms with Crippen LogP contribution in [0.1, 0.15) is 28.8 Å². The maximum Gasteiger partial charge on any atom is 0.349 e. The van der Waals surface area contributed by atoms with E-state index in [1.54, 1.807) is 11.0 Å². The molecular formula is C18H22BrClN2O3. The molecule has 0 bridgehead atoms. The van der Waals surface area contributed by atoms with Crippen molar-refractivity contribution < 1.29 is 9.21 Å². The highest BCUT2D eigenvalue weighted by Gasteiger charge is 2.28. The number of likely N-dealkylation sites (tertiary alicyclic amines) is 1. The minimum absolute atomic E-state index is 0. The standard InChI is InChI=1S/C18H21BrN2O3.ClH/c1-11-14-8-13(19)5-6-15(14)24-18(23)16(11)17(22)21-7-3-4-12(10-21)9-20-2;/h5-6,8,12,20H,3-4,7,9-10H2,1-2H3;1H. The van der Waals surface area contributed by atoms with Crippen molar-refractivity contribution in [3.63, 3.8) is 0 Å². The Labute approximate surface area is 161 Å². The fourth-order valence-electron chi connectivity index (χ4n) is 3.43. The number of nitrogens with one attached hydrogen (secondary N) is 1. The van der Waals surface area contributed by atoms with Crippen LogP contribution < -0.4 is 10.9 Å². The van der Waals surface area contributed by atoms with E-state index in [4.69, 9.17) is 4.42 Å². The topological polar surface area (TPSA) is 62.6 Å². The molecule has 1 N–H and O–H groups in total. The van der Waals surface area contributed by atoms with Crippen LogP contribution in [0.3, 0.4) is 0 Å². The van der Waals surface area contributed by atoms with Crippen molar-refractivity contribution in [3.8, 4) is 0 Å². The monoisotopic (exact) mass is 428 g/mol. The van der Waals surface area contributed by atoms with E-state index in [1.807, 2.05) is 26.1 Å².